The molecule has 2 aliphatic rings. The number of benzene rings is 2. The SMILES string of the molecule is CC1(NC(=O)OCc2ccc(B3OCCCO3)cc2)COC(/C=C/c2ccccc2)OC1. The van der Waals surface area contributed by atoms with E-state index >= 15 is 0 Å². The van der Waals surface area contributed by atoms with E-state index in [1.165, 1.54) is 0 Å². The largest absolute Gasteiger partial charge is 0.493 e. The summed E-state index contributed by atoms with van der Waals surface area (Å²) >= 11 is 0. The lowest BCUT2D eigenvalue weighted by Crippen LogP contribution is -2.56. The van der Waals surface area contributed by atoms with Crippen LogP contribution >= 0.6 is 0 Å². The molecule has 2 aromatic rings. The monoisotopic (exact) mass is 437 g/mol. The second kappa shape index (κ2) is 10.8. The quantitative estimate of drug-likeness (QED) is 0.701. The van der Waals surface area contributed by atoms with Crippen molar-refractivity contribution >= 4 is 24.8 Å². The Bertz CT molecular complexity index is 890. The molecule has 2 aromatic carbocycles. The van der Waals surface area contributed by atoms with Crippen LogP contribution in [0.15, 0.2) is 60.7 Å². The van der Waals surface area contributed by atoms with Gasteiger partial charge in [0.2, 0.25) is 0 Å². The van der Waals surface area contributed by atoms with Crippen LogP contribution in [0.25, 0.3) is 6.08 Å². The molecule has 0 aromatic heterocycles. The van der Waals surface area contributed by atoms with E-state index in [2.05, 4.69) is 5.32 Å². The van der Waals surface area contributed by atoms with Crippen LogP contribution in [0.4, 0.5) is 4.79 Å². The maximum Gasteiger partial charge on any atom is 0.493 e. The molecule has 0 atom stereocenters. The summed E-state index contributed by atoms with van der Waals surface area (Å²) in [6.45, 7) is 4.07. The maximum absolute atomic E-state index is 12.3. The van der Waals surface area contributed by atoms with E-state index in [9.17, 15) is 4.79 Å². The van der Waals surface area contributed by atoms with E-state index in [0.29, 0.717) is 26.4 Å². The fourth-order valence-electron chi connectivity index (χ4n) is 3.44. The topological polar surface area (TPSA) is 75.3 Å². The van der Waals surface area contributed by atoms with Crippen molar-refractivity contribution in [2.24, 2.45) is 0 Å². The van der Waals surface area contributed by atoms with Gasteiger partial charge in [-0.25, -0.2) is 4.79 Å². The number of amides is 1. The fourth-order valence-corrected chi connectivity index (χ4v) is 3.44. The molecule has 2 aliphatic heterocycles. The predicted octanol–water partition coefficient (Wildman–Crippen LogP) is 2.89. The predicted molar refractivity (Wildman–Crippen MR) is 121 cm³/mol. The van der Waals surface area contributed by atoms with Crippen LogP contribution in [-0.2, 0) is 30.1 Å². The summed E-state index contributed by atoms with van der Waals surface area (Å²) < 4.78 is 28.1. The van der Waals surface area contributed by atoms with E-state index in [4.69, 9.17) is 23.5 Å². The van der Waals surface area contributed by atoms with Crippen LogP contribution in [0, 0.1) is 0 Å². The Hall–Kier alpha value is -2.65. The first-order chi connectivity index (χ1) is 15.6. The molecule has 1 N–H and O–H groups in total. The maximum atomic E-state index is 12.3. The number of alkyl carbamates (subject to hydrolysis) is 1. The number of ether oxygens (including phenoxy) is 3. The summed E-state index contributed by atoms with van der Waals surface area (Å²) in [7, 11) is -0.320. The Morgan fingerprint density at radius 3 is 2.47 bits per heavy atom. The lowest BCUT2D eigenvalue weighted by molar-refractivity contribution is -0.183. The average molecular weight is 437 g/mol. The van der Waals surface area contributed by atoms with Gasteiger partial charge in [0, 0.05) is 13.2 Å². The molecular weight excluding hydrogens is 409 g/mol. The third-order valence-electron chi connectivity index (χ3n) is 5.23. The zero-order chi connectivity index (χ0) is 22.2. The Labute approximate surface area is 188 Å². The molecule has 2 saturated heterocycles. The Kier molecular flexibility index (Phi) is 7.60. The van der Waals surface area contributed by atoms with Crippen molar-refractivity contribution in [2.75, 3.05) is 26.4 Å². The molecule has 0 unspecified atom stereocenters. The molecule has 2 heterocycles. The van der Waals surface area contributed by atoms with Gasteiger partial charge in [-0.2, -0.15) is 0 Å². The van der Waals surface area contributed by atoms with Crippen LogP contribution in [0.2, 0.25) is 0 Å². The average Bonchev–Trinajstić information content (AvgIpc) is 2.84. The van der Waals surface area contributed by atoms with Crippen LogP contribution in [0.1, 0.15) is 24.5 Å². The van der Waals surface area contributed by atoms with Gasteiger partial charge in [-0.3, -0.25) is 0 Å². The van der Waals surface area contributed by atoms with Crippen LogP contribution in [0.3, 0.4) is 0 Å². The van der Waals surface area contributed by atoms with Crippen molar-refractivity contribution in [2.45, 2.75) is 31.8 Å². The smallest absolute Gasteiger partial charge is 0.445 e. The molecule has 0 aliphatic carbocycles. The van der Waals surface area contributed by atoms with E-state index in [-0.39, 0.29) is 13.7 Å². The van der Waals surface area contributed by atoms with Crippen molar-refractivity contribution < 1.29 is 28.3 Å². The second-order valence-corrected chi connectivity index (χ2v) is 8.19. The molecule has 1 amide bonds. The molecule has 0 spiro atoms. The van der Waals surface area contributed by atoms with Crippen molar-refractivity contribution in [1.29, 1.82) is 0 Å². The first-order valence-electron chi connectivity index (χ1n) is 10.8. The highest BCUT2D eigenvalue weighted by Crippen LogP contribution is 2.17. The van der Waals surface area contributed by atoms with Gasteiger partial charge >= 0.3 is 13.2 Å². The first kappa shape index (κ1) is 22.5. The Balaban J connectivity index is 1.20. The summed E-state index contributed by atoms with van der Waals surface area (Å²) in [6.07, 6.45) is 3.77. The number of nitrogens with one attached hydrogen (secondary N) is 1. The third-order valence-corrected chi connectivity index (χ3v) is 5.23. The van der Waals surface area contributed by atoms with E-state index in [1.807, 2.05) is 73.7 Å². The van der Waals surface area contributed by atoms with Gasteiger partial charge in [-0.1, -0.05) is 60.7 Å². The zero-order valence-electron chi connectivity index (χ0n) is 18.2. The zero-order valence-corrected chi connectivity index (χ0v) is 18.2. The summed E-state index contributed by atoms with van der Waals surface area (Å²) in [6, 6.07) is 17.6. The van der Waals surface area contributed by atoms with Crippen molar-refractivity contribution in [3.63, 3.8) is 0 Å². The molecule has 0 saturated carbocycles. The van der Waals surface area contributed by atoms with Gasteiger partial charge in [0.25, 0.3) is 0 Å². The number of hydrogen-bond acceptors (Lipinski definition) is 6. The molecule has 7 nitrogen and oxygen atoms in total. The Morgan fingerprint density at radius 1 is 1.09 bits per heavy atom. The van der Waals surface area contributed by atoms with Crippen LogP contribution in [0.5, 0.6) is 0 Å². The summed E-state index contributed by atoms with van der Waals surface area (Å²) in [5, 5.41) is 2.85. The molecule has 32 heavy (non-hydrogen) atoms. The lowest BCUT2D eigenvalue weighted by atomic mass is 9.78. The fraction of sp³-hybridized carbons (Fsp3) is 0.375. The highest BCUT2D eigenvalue weighted by molar-refractivity contribution is 6.61. The van der Waals surface area contributed by atoms with Gasteiger partial charge in [0.1, 0.15) is 6.61 Å². The Morgan fingerprint density at radius 2 is 1.78 bits per heavy atom. The highest BCUT2D eigenvalue weighted by Gasteiger charge is 2.34. The molecule has 0 radical (unpaired) electrons. The standard InChI is InChI=1S/C24H28BNO6/c1-24(17-29-22(30-18-24)13-10-19-6-3-2-4-7-19)26-23(27)28-16-20-8-11-21(12-9-20)25-31-14-5-15-32-25/h2-4,6-13,22H,5,14-18H2,1H3,(H,26,27)/b13-10+. The molecule has 2 fully saturated rings. The molecule has 4 rings (SSSR count). The van der Waals surface area contributed by atoms with E-state index in [0.717, 1.165) is 23.0 Å². The van der Waals surface area contributed by atoms with E-state index < -0.39 is 17.9 Å². The van der Waals surface area contributed by atoms with Gasteiger partial charge in [0.15, 0.2) is 6.29 Å². The summed E-state index contributed by atoms with van der Waals surface area (Å²) in [4.78, 5) is 12.3. The van der Waals surface area contributed by atoms with Crippen LogP contribution < -0.4 is 10.8 Å². The first-order valence-corrected chi connectivity index (χ1v) is 10.8. The van der Waals surface area contributed by atoms with Crippen molar-refractivity contribution in [3.8, 4) is 0 Å². The third kappa shape index (κ3) is 6.43. The highest BCUT2D eigenvalue weighted by atomic mass is 16.7. The second-order valence-electron chi connectivity index (χ2n) is 8.19. The molecule has 0 bridgehead atoms. The molecular formula is C24H28BNO6. The van der Waals surface area contributed by atoms with Gasteiger partial charge in [-0.15, -0.1) is 0 Å². The molecule has 8 heteroatoms. The minimum atomic E-state index is -0.659. The van der Waals surface area contributed by atoms with Crippen LogP contribution in [-0.4, -0.2) is 51.5 Å². The van der Waals surface area contributed by atoms with E-state index in [1.54, 1.807) is 0 Å². The number of hydrogen-bond donors (Lipinski definition) is 1. The number of carbonyl (C=O) groups excluding carboxylic acids is 1. The van der Waals surface area contributed by atoms with Gasteiger partial charge < -0.3 is 28.8 Å². The van der Waals surface area contributed by atoms with Crippen molar-refractivity contribution in [1.82, 2.24) is 5.32 Å². The summed E-state index contributed by atoms with van der Waals surface area (Å²) in [5.41, 5.74) is 2.25. The minimum Gasteiger partial charge on any atom is -0.445 e. The van der Waals surface area contributed by atoms with Crippen molar-refractivity contribution in [3.05, 3.63) is 71.8 Å². The molecule has 168 valence electrons. The van der Waals surface area contributed by atoms with Gasteiger partial charge in [0.05, 0.1) is 18.8 Å². The minimum absolute atomic E-state index is 0.165. The number of carbonyl (C=O) groups is 1. The normalized spacial score (nSPS) is 23.8. The lowest BCUT2D eigenvalue weighted by Gasteiger charge is -2.36. The number of rotatable bonds is 6. The summed E-state index contributed by atoms with van der Waals surface area (Å²) in [5.74, 6) is 0. The van der Waals surface area contributed by atoms with Gasteiger partial charge in [-0.05, 0) is 36.0 Å².